The Labute approximate surface area is 88.0 Å². The van der Waals surface area contributed by atoms with E-state index in [0.29, 0.717) is 10.7 Å². The Morgan fingerprint density at radius 2 is 2.29 bits per heavy atom. The van der Waals surface area contributed by atoms with Crippen molar-refractivity contribution in [3.63, 3.8) is 0 Å². The Morgan fingerprint density at radius 1 is 1.71 bits per heavy atom. The molecule has 14 heavy (non-hydrogen) atoms. The van der Waals surface area contributed by atoms with Crippen LogP contribution in [0, 0.1) is 0 Å². The van der Waals surface area contributed by atoms with Gasteiger partial charge in [-0.3, -0.25) is 4.68 Å². The number of nitrogens with zero attached hydrogens (tertiary/aromatic N) is 2. The molecule has 80 valence electrons. The largest absolute Gasteiger partial charge is 0.327 e. The number of alkyl halides is 1. The zero-order valence-corrected chi connectivity index (χ0v) is 9.35. The van der Waals surface area contributed by atoms with Gasteiger partial charge in [-0.1, -0.05) is 11.6 Å². The molecule has 1 rings (SSSR count). The molecule has 0 aliphatic rings. The lowest BCUT2D eigenvalue weighted by Crippen LogP contribution is -2.30. The molecule has 2 N–H and O–H groups in total. The van der Waals surface area contributed by atoms with Crippen molar-refractivity contribution in [1.82, 2.24) is 9.78 Å². The van der Waals surface area contributed by atoms with Gasteiger partial charge in [0.15, 0.2) is 5.67 Å². The van der Waals surface area contributed by atoms with E-state index in [4.69, 9.17) is 17.3 Å². The molecule has 1 aromatic heterocycles. The van der Waals surface area contributed by atoms with Crippen molar-refractivity contribution < 1.29 is 4.39 Å². The minimum atomic E-state index is -1.63. The fourth-order valence-electron chi connectivity index (χ4n) is 1.32. The normalized spacial score (nSPS) is 15.9. The molecule has 1 atom stereocenters. The molecule has 0 aromatic carbocycles. The summed E-state index contributed by atoms with van der Waals surface area (Å²) in [6, 6.07) is 0.0686. The SMILES string of the molecule is CC(C)n1ncc(Cl)c1C(C)(F)CN. The predicted octanol–water partition coefficient (Wildman–Crippen LogP) is 2.26. The van der Waals surface area contributed by atoms with Gasteiger partial charge in [0.05, 0.1) is 16.9 Å². The highest BCUT2D eigenvalue weighted by atomic mass is 35.5. The van der Waals surface area contributed by atoms with Gasteiger partial charge in [-0.25, -0.2) is 4.39 Å². The quantitative estimate of drug-likeness (QED) is 0.848. The van der Waals surface area contributed by atoms with E-state index >= 15 is 0 Å². The molecule has 3 nitrogen and oxygen atoms in total. The molecule has 0 fully saturated rings. The Bertz CT molecular complexity index is 320. The molecule has 0 radical (unpaired) electrons. The first-order valence-electron chi connectivity index (χ1n) is 4.52. The van der Waals surface area contributed by atoms with E-state index < -0.39 is 5.67 Å². The lowest BCUT2D eigenvalue weighted by molar-refractivity contribution is 0.184. The van der Waals surface area contributed by atoms with Crippen LogP contribution in [-0.4, -0.2) is 16.3 Å². The third-order valence-electron chi connectivity index (χ3n) is 2.12. The van der Waals surface area contributed by atoms with Crippen LogP contribution in [0.15, 0.2) is 6.20 Å². The van der Waals surface area contributed by atoms with Crippen LogP contribution >= 0.6 is 11.6 Å². The second kappa shape index (κ2) is 3.87. The van der Waals surface area contributed by atoms with E-state index in [2.05, 4.69) is 5.10 Å². The van der Waals surface area contributed by atoms with E-state index in [1.165, 1.54) is 13.1 Å². The molecule has 0 saturated heterocycles. The Kier molecular flexibility index (Phi) is 3.17. The zero-order chi connectivity index (χ0) is 10.9. The fraction of sp³-hybridized carbons (Fsp3) is 0.667. The predicted molar refractivity (Wildman–Crippen MR) is 55.1 cm³/mol. The van der Waals surface area contributed by atoms with Crippen LogP contribution in [0.5, 0.6) is 0 Å². The van der Waals surface area contributed by atoms with E-state index in [1.807, 2.05) is 13.8 Å². The Balaban J connectivity index is 3.24. The van der Waals surface area contributed by atoms with E-state index in [1.54, 1.807) is 4.68 Å². The van der Waals surface area contributed by atoms with Gasteiger partial charge in [-0.15, -0.1) is 0 Å². The molecular weight excluding hydrogens is 205 g/mol. The summed E-state index contributed by atoms with van der Waals surface area (Å²) in [6.07, 6.45) is 1.45. The van der Waals surface area contributed by atoms with Gasteiger partial charge in [0, 0.05) is 12.6 Å². The Morgan fingerprint density at radius 3 is 2.71 bits per heavy atom. The van der Waals surface area contributed by atoms with E-state index in [-0.39, 0.29) is 12.6 Å². The number of halogens is 2. The number of nitrogens with two attached hydrogens (primary N) is 1. The molecule has 0 aliphatic carbocycles. The standard InChI is InChI=1S/C9H15ClFN3/c1-6(2)14-8(7(10)4-13-14)9(3,11)5-12/h4,6H,5,12H2,1-3H3. The minimum Gasteiger partial charge on any atom is -0.327 e. The molecule has 0 amide bonds. The van der Waals surface area contributed by atoms with Crippen LogP contribution in [0.4, 0.5) is 4.39 Å². The van der Waals surface area contributed by atoms with Gasteiger partial charge in [0.25, 0.3) is 0 Å². The molecule has 0 spiro atoms. The third kappa shape index (κ3) is 1.91. The lowest BCUT2D eigenvalue weighted by Gasteiger charge is -2.22. The Hall–Kier alpha value is -0.610. The molecular formula is C9H15ClFN3. The van der Waals surface area contributed by atoms with Gasteiger partial charge in [0.1, 0.15) is 0 Å². The summed E-state index contributed by atoms with van der Waals surface area (Å²) in [5.74, 6) is 0. The molecule has 0 aliphatic heterocycles. The molecule has 1 heterocycles. The van der Waals surface area contributed by atoms with Crippen LogP contribution in [-0.2, 0) is 5.67 Å². The molecule has 0 saturated carbocycles. The van der Waals surface area contributed by atoms with Gasteiger partial charge in [-0.2, -0.15) is 5.10 Å². The first-order valence-corrected chi connectivity index (χ1v) is 4.90. The topological polar surface area (TPSA) is 43.8 Å². The number of rotatable bonds is 3. The summed E-state index contributed by atoms with van der Waals surface area (Å²) in [7, 11) is 0. The summed E-state index contributed by atoms with van der Waals surface area (Å²) in [6.45, 7) is 5.14. The molecule has 1 unspecified atom stereocenters. The maximum atomic E-state index is 14.0. The van der Waals surface area contributed by atoms with Crippen LogP contribution in [0.25, 0.3) is 0 Å². The van der Waals surface area contributed by atoms with Crippen molar-refractivity contribution >= 4 is 11.6 Å². The van der Waals surface area contributed by atoms with Crippen molar-refractivity contribution in [3.05, 3.63) is 16.9 Å². The maximum Gasteiger partial charge on any atom is 0.163 e. The van der Waals surface area contributed by atoms with Gasteiger partial charge in [0.2, 0.25) is 0 Å². The van der Waals surface area contributed by atoms with Gasteiger partial charge < -0.3 is 5.73 Å². The van der Waals surface area contributed by atoms with Crippen LogP contribution in [0.3, 0.4) is 0 Å². The van der Waals surface area contributed by atoms with Crippen molar-refractivity contribution in [3.8, 4) is 0 Å². The average Bonchev–Trinajstić information content (AvgIpc) is 2.47. The second-order valence-corrected chi connectivity index (χ2v) is 4.19. The number of hydrogen-bond donors (Lipinski definition) is 1. The van der Waals surface area contributed by atoms with Crippen molar-refractivity contribution in [1.29, 1.82) is 0 Å². The number of hydrogen-bond acceptors (Lipinski definition) is 2. The van der Waals surface area contributed by atoms with E-state index in [0.717, 1.165) is 0 Å². The second-order valence-electron chi connectivity index (χ2n) is 3.78. The first-order chi connectivity index (χ1) is 6.40. The maximum absolute atomic E-state index is 14.0. The van der Waals surface area contributed by atoms with Crippen molar-refractivity contribution in [2.45, 2.75) is 32.5 Å². The average molecular weight is 220 g/mol. The number of aromatic nitrogens is 2. The molecule has 1 aromatic rings. The summed E-state index contributed by atoms with van der Waals surface area (Å²) >= 11 is 5.87. The zero-order valence-electron chi connectivity index (χ0n) is 8.59. The molecule has 0 bridgehead atoms. The lowest BCUT2D eigenvalue weighted by atomic mass is 10.0. The fourth-order valence-corrected chi connectivity index (χ4v) is 1.64. The van der Waals surface area contributed by atoms with Crippen molar-refractivity contribution in [2.75, 3.05) is 6.54 Å². The van der Waals surface area contributed by atoms with Crippen LogP contribution < -0.4 is 5.73 Å². The highest BCUT2D eigenvalue weighted by Crippen LogP contribution is 2.32. The first kappa shape index (κ1) is 11.5. The van der Waals surface area contributed by atoms with Gasteiger partial charge >= 0.3 is 0 Å². The summed E-state index contributed by atoms with van der Waals surface area (Å²) in [5.41, 5.74) is 4.09. The molecule has 5 heteroatoms. The van der Waals surface area contributed by atoms with Crippen molar-refractivity contribution in [2.24, 2.45) is 5.73 Å². The van der Waals surface area contributed by atoms with E-state index in [9.17, 15) is 4.39 Å². The third-order valence-corrected chi connectivity index (χ3v) is 2.39. The summed E-state index contributed by atoms with van der Waals surface area (Å²) < 4.78 is 15.6. The highest BCUT2D eigenvalue weighted by Gasteiger charge is 2.31. The summed E-state index contributed by atoms with van der Waals surface area (Å²) in [4.78, 5) is 0. The monoisotopic (exact) mass is 219 g/mol. The minimum absolute atomic E-state index is 0.0686. The summed E-state index contributed by atoms with van der Waals surface area (Å²) in [5, 5.41) is 4.35. The van der Waals surface area contributed by atoms with Crippen LogP contribution in [0.2, 0.25) is 5.02 Å². The van der Waals surface area contributed by atoms with Gasteiger partial charge in [-0.05, 0) is 20.8 Å². The van der Waals surface area contributed by atoms with Crippen LogP contribution in [0.1, 0.15) is 32.5 Å². The highest BCUT2D eigenvalue weighted by molar-refractivity contribution is 6.31. The smallest absolute Gasteiger partial charge is 0.163 e.